The van der Waals surface area contributed by atoms with Gasteiger partial charge in [-0.1, -0.05) is 59.3 Å². The van der Waals surface area contributed by atoms with Gasteiger partial charge in [0.05, 0.1) is 0 Å². The first-order valence-electron chi connectivity index (χ1n) is 4.37. The second kappa shape index (κ2) is 4.58. The average molecular weight is 218 g/mol. The van der Waals surface area contributed by atoms with Gasteiger partial charge in [-0.3, -0.25) is 0 Å². The highest BCUT2D eigenvalue weighted by atomic mass is 33.1. The highest BCUT2D eigenvalue weighted by Gasteiger charge is 2.01. The van der Waals surface area contributed by atoms with Crippen molar-refractivity contribution in [3.63, 3.8) is 0 Å². The van der Waals surface area contributed by atoms with Crippen LogP contribution in [0.5, 0.6) is 0 Å². The van der Waals surface area contributed by atoms with E-state index in [1.165, 1.54) is 26.8 Å². The molecule has 2 rings (SSSR count). The fraction of sp³-hybridized carbons (Fsp3) is 0. The Labute approximate surface area is 93.2 Å². The third kappa shape index (κ3) is 1.97. The lowest BCUT2D eigenvalue weighted by molar-refractivity contribution is 1.45. The van der Waals surface area contributed by atoms with Gasteiger partial charge in [0.2, 0.25) is 0 Å². The van der Waals surface area contributed by atoms with Crippen molar-refractivity contribution in [1.82, 2.24) is 0 Å². The zero-order valence-electron chi connectivity index (χ0n) is 7.55. The molecule has 0 aliphatic heterocycles. The van der Waals surface area contributed by atoms with Crippen molar-refractivity contribution in [2.75, 3.05) is 0 Å². The first-order chi connectivity index (χ1) is 6.92. The molecule has 2 aromatic rings. The summed E-state index contributed by atoms with van der Waals surface area (Å²) in [4.78, 5) is 1.20. The van der Waals surface area contributed by atoms with Crippen molar-refractivity contribution in [1.29, 1.82) is 0 Å². The van der Waals surface area contributed by atoms with E-state index >= 15 is 0 Å². The fourth-order valence-corrected chi connectivity index (χ4v) is 2.30. The van der Waals surface area contributed by atoms with E-state index in [0.29, 0.717) is 0 Å². The van der Waals surface area contributed by atoms with Crippen LogP contribution in [0.3, 0.4) is 0 Å². The first kappa shape index (κ1) is 9.69. The number of benzene rings is 2. The van der Waals surface area contributed by atoms with Gasteiger partial charge in [0.25, 0.3) is 0 Å². The SMILES string of the molecule is SSc1ccccc1-c1ccccc1. The highest BCUT2D eigenvalue weighted by molar-refractivity contribution is 8.68. The van der Waals surface area contributed by atoms with Crippen LogP contribution >= 0.6 is 22.5 Å². The summed E-state index contributed by atoms with van der Waals surface area (Å²) in [5.74, 6) is 0. The van der Waals surface area contributed by atoms with Gasteiger partial charge in [-0.05, 0) is 17.2 Å². The van der Waals surface area contributed by atoms with Crippen molar-refractivity contribution in [3.05, 3.63) is 54.6 Å². The number of thiol groups is 1. The second-order valence-electron chi connectivity index (χ2n) is 2.95. The summed E-state index contributed by atoms with van der Waals surface area (Å²) >= 11 is 4.25. The second-order valence-corrected chi connectivity index (χ2v) is 4.12. The van der Waals surface area contributed by atoms with Gasteiger partial charge < -0.3 is 0 Å². The van der Waals surface area contributed by atoms with E-state index in [2.05, 4.69) is 54.1 Å². The van der Waals surface area contributed by atoms with E-state index < -0.39 is 0 Å². The van der Waals surface area contributed by atoms with Gasteiger partial charge in [-0.2, -0.15) is 0 Å². The van der Waals surface area contributed by atoms with Crippen LogP contribution in [0.15, 0.2) is 59.5 Å². The maximum absolute atomic E-state index is 4.25. The molecule has 0 aromatic heterocycles. The molecule has 2 aromatic carbocycles. The normalized spacial score (nSPS) is 10.1. The Kier molecular flexibility index (Phi) is 3.17. The molecule has 0 aliphatic rings. The van der Waals surface area contributed by atoms with Crippen molar-refractivity contribution in [3.8, 4) is 11.1 Å². The molecule has 0 atom stereocenters. The van der Waals surface area contributed by atoms with E-state index in [0.717, 1.165) is 0 Å². The monoisotopic (exact) mass is 218 g/mol. The molecule has 0 heterocycles. The molecule has 0 aliphatic carbocycles. The molecule has 0 saturated heterocycles. The standard InChI is InChI=1S/C12H10S2/c13-14-12-9-5-4-8-11(12)10-6-2-1-3-7-10/h1-9,13H. The summed E-state index contributed by atoms with van der Waals surface area (Å²) in [6.45, 7) is 0. The minimum Gasteiger partial charge on any atom is -0.106 e. The Morgan fingerprint density at radius 2 is 1.43 bits per heavy atom. The molecule has 0 bridgehead atoms. The van der Waals surface area contributed by atoms with Crippen molar-refractivity contribution >= 4 is 22.5 Å². The van der Waals surface area contributed by atoms with Gasteiger partial charge in [0, 0.05) is 4.90 Å². The molecule has 0 radical (unpaired) electrons. The van der Waals surface area contributed by atoms with E-state index in [1.54, 1.807) is 0 Å². The summed E-state index contributed by atoms with van der Waals surface area (Å²) in [6.07, 6.45) is 0. The molecular weight excluding hydrogens is 208 g/mol. The third-order valence-electron chi connectivity index (χ3n) is 2.07. The summed E-state index contributed by atoms with van der Waals surface area (Å²) < 4.78 is 0. The first-order valence-corrected chi connectivity index (χ1v) is 6.24. The lowest BCUT2D eigenvalue weighted by Gasteiger charge is -2.05. The predicted octanol–water partition coefficient (Wildman–Crippen LogP) is 4.29. The van der Waals surface area contributed by atoms with E-state index in [9.17, 15) is 0 Å². The van der Waals surface area contributed by atoms with Crippen molar-refractivity contribution < 1.29 is 0 Å². The summed E-state index contributed by atoms with van der Waals surface area (Å²) in [5.41, 5.74) is 2.48. The van der Waals surface area contributed by atoms with E-state index in [1.807, 2.05) is 12.1 Å². The van der Waals surface area contributed by atoms with Gasteiger partial charge >= 0.3 is 0 Å². The maximum Gasteiger partial charge on any atom is 0.0258 e. The quantitative estimate of drug-likeness (QED) is 0.579. The Balaban J connectivity index is 2.51. The minimum absolute atomic E-state index is 1.20. The van der Waals surface area contributed by atoms with Crippen LogP contribution in [0.4, 0.5) is 0 Å². The molecule has 0 saturated carbocycles. The Bertz CT molecular complexity index is 410. The van der Waals surface area contributed by atoms with Crippen LogP contribution < -0.4 is 0 Å². The molecule has 0 unspecified atom stereocenters. The van der Waals surface area contributed by atoms with Gasteiger partial charge in [0.15, 0.2) is 0 Å². The Morgan fingerprint density at radius 3 is 2.14 bits per heavy atom. The van der Waals surface area contributed by atoms with Gasteiger partial charge in [-0.25, -0.2) is 0 Å². The topological polar surface area (TPSA) is 0 Å². The lowest BCUT2D eigenvalue weighted by Crippen LogP contribution is -1.79. The molecule has 14 heavy (non-hydrogen) atoms. The molecule has 70 valence electrons. The van der Waals surface area contributed by atoms with Crippen LogP contribution in [0, 0.1) is 0 Å². The number of rotatable bonds is 2. The van der Waals surface area contributed by atoms with Crippen LogP contribution in [-0.4, -0.2) is 0 Å². The van der Waals surface area contributed by atoms with Crippen molar-refractivity contribution in [2.45, 2.75) is 4.90 Å². The van der Waals surface area contributed by atoms with Crippen LogP contribution in [0.1, 0.15) is 0 Å². The maximum atomic E-state index is 4.25. The minimum atomic E-state index is 1.20. The predicted molar refractivity (Wildman–Crippen MR) is 66.7 cm³/mol. The lowest BCUT2D eigenvalue weighted by atomic mass is 10.1. The number of hydrogen-bond donors (Lipinski definition) is 1. The molecule has 0 spiro atoms. The van der Waals surface area contributed by atoms with Crippen LogP contribution in [0.25, 0.3) is 11.1 Å². The summed E-state index contributed by atoms with van der Waals surface area (Å²) in [7, 11) is 1.48. The van der Waals surface area contributed by atoms with Crippen LogP contribution in [0.2, 0.25) is 0 Å². The zero-order valence-corrected chi connectivity index (χ0v) is 9.26. The van der Waals surface area contributed by atoms with Crippen LogP contribution in [-0.2, 0) is 0 Å². The molecule has 0 nitrogen and oxygen atoms in total. The smallest absolute Gasteiger partial charge is 0.0258 e. The summed E-state index contributed by atoms with van der Waals surface area (Å²) in [5, 5.41) is 0. The van der Waals surface area contributed by atoms with E-state index in [-0.39, 0.29) is 0 Å². The molecule has 0 fully saturated rings. The highest BCUT2D eigenvalue weighted by Crippen LogP contribution is 2.32. The fourth-order valence-electron chi connectivity index (χ4n) is 1.40. The zero-order chi connectivity index (χ0) is 9.80. The number of hydrogen-bond acceptors (Lipinski definition) is 2. The average Bonchev–Trinajstić information content (AvgIpc) is 2.30. The van der Waals surface area contributed by atoms with Gasteiger partial charge in [0.1, 0.15) is 0 Å². The Hall–Kier alpha value is -0.860. The van der Waals surface area contributed by atoms with Gasteiger partial charge in [-0.15, -0.1) is 11.7 Å². The Morgan fingerprint density at radius 1 is 0.786 bits per heavy atom. The largest absolute Gasteiger partial charge is 0.106 e. The molecular formula is C12H10S2. The third-order valence-corrected chi connectivity index (χ3v) is 3.21. The van der Waals surface area contributed by atoms with Crippen molar-refractivity contribution in [2.24, 2.45) is 0 Å². The molecule has 0 N–H and O–H groups in total. The molecule has 0 amide bonds. The summed E-state index contributed by atoms with van der Waals surface area (Å²) in [6, 6.07) is 18.6. The molecule has 2 heteroatoms. The van der Waals surface area contributed by atoms with E-state index in [4.69, 9.17) is 0 Å².